The largest absolute Gasteiger partial charge is 0.465 e. The number of benzene rings is 1. The first-order chi connectivity index (χ1) is 15.0. The molecule has 7 nitrogen and oxygen atoms in total. The van der Waals surface area contributed by atoms with Crippen LogP contribution in [0.3, 0.4) is 0 Å². The highest BCUT2D eigenvalue weighted by atomic mass is 16.3. The Kier molecular flexibility index (Phi) is 6.46. The number of aromatic nitrogens is 2. The SMILES string of the molecule is Cc1ccc(CN2CCN(Cc3c(C)n(C)n(-c4ccccc4)c3=O)C[C@@H]2CCO)o1. The van der Waals surface area contributed by atoms with Gasteiger partial charge in [0, 0.05) is 51.6 Å². The highest BCUT2D eigenvalue weighted by molar-refractivity contribution is 5.33. The summed E-state index contributed by atoms with van der Waals surface area (Å²) < 4.78 is 9.44. The zero-order valence-electron chi connectivity index (χ0n) is 18.6. The van der Waals surface area contributed by atoms with Crippen LogP contribution in [0.15, 0.2) is 51.7 Å². The number of rotatable bonds is 7. The topological polar surface area (TPSA) is 66.8 Å². The first-order valence-corrected chi connectivity index (χ1v) is 10.9. The van der Waals surface area contributed by atoms with Gasteiger partial charge in [-0.1, -0.05) is 18.2 Å². The summed E-state index contributed by atoms with van der Waals surface area (Å²) in [4.78, 5) is 18.0. The molecule has 0 bridgehead atoms. The Hall–Kier alpha value is -2.61. The van der Waals surface area contributed by atoms with Crippen molar-refractivity contribution < 1.29 is 9.52 Å². The number of furan rings is 1. The molecule has 31 heavy (non-hydrogen) atoms. The van der Waals surface area contributed by atoms with Crippen LogP contribution in [0.2, 0.25) is 0 Å². The number of para-hydroxylation sites is 1. The molecule has 0 saturated carbocycles. The Balaban J connectivity index is 1.51. The Labute approximate surface area is 183 Å². The lowest BCUT2D eigenvalue weighted by atomic mass is 10.1. The van der Waals surface area contributed by atoms with E-state index in [2.05, 4.69) is 9.80 Å². The number of aliphatic hydroxyl groups excluding tert-OH is 1. The van der Waals surface area contributed by atoms with Crippen LogP contribution in [-0.4, -0.2) is 56.6 Å². The van der Waals surface area contributed by atoms with Crippen molar-refractivity contribution >= 4 is 0 Å². The molecule has 0 unspecified atom stereocenters. The van der Waals surface area contributed by atoms with Gasteiger partial charge >= 0.3 is 0 Å². The molecule has 1 aliphatic heterocycles. The van der Waals surface area contributed by atoms with Crippen molar-refractivity contribution in [3.05, 3.63) is 75.6 Å². The monoisotopic (exact) mass is 424 g/mol. The quantitative estimate of drug-likeness (QED) is 0.631. The minimum atomic E-state index is 0.0402. The molecule has 1 saturated heterocycles. The van der Waals surface area contributed by atoms with E-state index in [0.29, 0.717) is 13.0 Å². The van der Waals surface area contributed by atoms with E-state index in [4.69, 9.17) is 4.42 Å². The minimum absolute atomic E-state index is 0.0402. The Bertz CT molecular complexity index is 1070. The molecule has 0 amide bonds. The zero-order chi connectivity index (χ0) is 22.0. The molecule has 0 aliphatic carbocycles. The van der Waals surface area contributed by atoms with Crippen molar-refractivity contribution in [1.82, 2.24) is 19.2 Å². The van der Waals surface area contributed by atoms with Crippen LogP contribution in [0.5, 0.6) is 0 Å². The maximum atomic E-state index is 13.3. The lowest BCUT2D eigenvalue weighted by Crippen LogP contribution is -2.52. The molecule has 1 atom stereocenters. The summed E-state index contributed by atoms with van der Waals surface area (Å²) in [6, 6.07) is 14.0. The molecule has 1 aliphatic rings. The van der Waals surface area contributed by atoms with E-state index in [1.54, 1.807) is 4.68 Å². The van der Waals surface area contributed by atoms with Crippen LogP contribution in [0, 0.1) is 13.8 Å². The van der Waals surface area contributed by atoms with Crippen molar-refractivity contribution in [1.29, 1.82) is 0 Å². The number of nitrogens with zero attached hydrogens (tertiary/aromatic N) is 4. The number of aliphatic hydroxyl groups is 1. The van der Waals surface area contributed by atoms with Gasteiger partial charge in [0.25, 0.3) is 5.56 Å². The fraction of sp³-hybridized carbons (Fsp3) is 0.458. The van der Waals surface area contributed by atoms with Crippen molar-refractivity contribution in [3.8, 4) is 5.69 Å². The maximum absolute atomic E-state index is 13.3. The molecule has 0 spiro atoms. The van der Waals surface area contributed by atoms with Gasteiger partial charge in [-0.15, -0.1) is 0 Å². The molecule has 1 N–H and O–H groups in total. The molecule has 166 valence electrons. The van der Waals surface area contributed by atoms with Crippen LogP contribution in [0.4, 0.5) is 0 Å². The fourth-order valence-electron chi connectivity index (χ4n) is 4.53. The Morgan fingerprint density at radius 1 is 1.06 bits per heavy atom. The Morgan fingerprint density at radius 3 is 2.52 bits per heavy atom. The van der Waals surface area contributed by atoms with Crippen LogP contribution in [-0.2, 0) is 20.1 Å². The van der Waals surface area contributed by atoms with Crippen molar-refractivity contribution in [3.63, 3.8) is 0 Å². The van der Waals surface area contributed by atoms with E-state index in [1.807, 2.05) is 68.0 Å². The summed E-state index contributed by atoms with van der Waals surface area (Å²) in [5.74, 6) is 1.88. The van der Waals surface area contributed by atoms with Gasteiger partial charge in [0.05, 0.1) is 17.8 Å². The van der Waals surface area contributed by atoms with E-state index in [1.165, 1.54) is 0 Å². The normalized spacial score (nSPS) is 18.0. The highest BCUT2D eigenvalue weighted by Gasteiger charge is 2.29. The molecule has 3 heterocycles. The molecular weight excluding hydrogens is 392 g/mol. The van der Waals surface area contributed by atoms with E-state index in [9.17, 15) is 9.90 Å². The van der Waals surface area contributed by atoms with Crippen LogP contribution >= 0.6 is 0 Å². The predicted octanol–water partition coefficient (Wildman–Crippen LogP) is 2.45. The first-order valence-electron chi connectivity index (χ1n) is 10.9. The van der Waals surface area contributed by atoms with Crippen LogP contribution in [0.25, 0.3) is 5.69 Å². The van der Waals surface area contributed by atoms with Crippen molar-refractivity contribution in [2.45, 2.75) is 39.4 Å². The number of hydrogen-bond acceptors (Lipinski definition) is 5. The second-order valence-electron chi connectivity index (χ2n) is 8.42. The fourth-order valence-corrected chi connectivity index (χ4v) is 4.53. The smallest absolute Gasteiger partial charge is 0.276 e. The van der Waals surface area contributed by atoms with Gasteiger partial charge in [0.15, 0.2) is 0 Å². The second kappa shape index (κ2) is 9.26. The number of aryl methyl sites for hydroxylation is 1. The van der Waals surface area contributed by atoms with Crippen LogP contribution < -0.4 is 5.56 Å². The van der Waals surface area contributed by atoms with Gasteiger partial charge < -0.3 is 9.52 Å². The highest BCUT2D eigenvalue weighted by Crippen LogP contribution is 2.20. The minimum Gasteiger partial charge on any atom is -0.465 e. The predicted molar refractivity (Wildman–Crippen MR) is 120 cm³/mol. The summed E-state index contributed by atoms with van der Waals surface area (Å²) in [5, 5.41) is 9.61. The molecule has 2 aromatic heterocycles. The summed E-state index contributed by atoms with van der Waals surface area (Å²) >= 11 is 0. The molecule has 4 rings (SSSR count). The van der Waals surface area contributed by atoms with Gasteiger partial charge in [0.1, 0.15) is 11.5 Å². The molecular formula is C24H32N4O3. The molecule has 0 radical (unpaired) electrons. The summed E-state index contributed by atoms with van der Waals surface area (Å²) in [7, 11) is 1.94. The van der Waals surface area contributed by atoms with Gasteiger partial charge in [-0.25, -0.2) is 4.68 Å². The van der Waals surface area contributed by atoms with Gasteiger partial charge in [-0.2, -0.15) is 0 Å². The molecule has 1 aromatic carbocycles. The van der Waals surface area contributed by atoms with Gasteiger partial charge in [-0.05, 0) is 44.5 Å². The average Bonchev–Trinajstić information content (AvgIpc) is 3.26. The van der Waals surface area contributed by atoms with E-state index in [0.717, 1.165) is 54.6 Å². The first kappa shape index (κ1) is 21.6. The van der Waals surface area contributed by atoms with E-state index >= 15 is 0 Å². The van der Waals surface area contributed by atoms with Gasteiger partial charge in [0.2, 0.25) is 0 Å². The Morgan fingerprint density at radius 2 is 1.84 bits per heavy atom. The number of piperazine rings is 1. The average molecular weight is 425 g/mol. The lowest BCUT2D eigenvalue weighted by molar-refractivity contribution is 0.0452. The summed E-state index contributed by atoms with van der Waals surface area (Å²) in [5.41, 5.74) is 2.74. The van der Waals surface area contributed by atoms with E-state index < -0.39 is 0 Å². The zero-order valence-corrected chi connectivity index (χ0v) is 18.6. The third-order valence-electron chi connectivity index (χ3n) is 6.36. The summed E-state index contributed by atoms with van der Waals surface area (Å²) in [6.45, 7) is 8.06. The standard InChI is InChI=1S/C24H32N4O3/c1-18-9-10-22(31-18)16-27-13-12-26(15-21(27)11-14-29)17-23-19(2)25(3)28(24(23)30)20-7-5-4-6-8-20/h4-10,21,29H,11-17H2,1-3H3/t21-/m0/s1. The van der Waals surface area contributed by atoms with Crippen molar-refractivity contribution in [2.24, 2.45) is 7.05 Å². The maximum Gasteiger partial charge on any atom is 0.276 e. The van der Waals surface area contributed by atoms with Crippen LogP contribution in [0.1, 0.15) is 29.2 Å². The molecule has 7 heteroatoms. The molecule has 3 aromatic rings. The summed E-state index contributed by atoms with van der Waals surface area (Å²) in [6.07, 6.45) is 0.707. The number of hydrogen-bond donors (Lipinski definition) is 1. The third-order valence-corrected chi connectivity index (χ3v) is 6.36. The van der Waals surface area contributed by atoms with Gasteiger partial charge in [-0.3, -0.25) is 19.3 Å². The lowest BCUT2D eigenvalue weighted by Gasteiger charge is -2.41. The second-order valence-corrected chi connectivity index (χ2v) is 8.42. The van der Waals surface area contributed by atoms with Crippen molar-refractivity contribution in [2.75, 3.05) is 26.2 Å². The van der Waals surface area contributed by atoms with E-state index in [-0.39, 0.29) is 18.2 Å². The molecule has 1 fully saturated rings. The third kappa shape index (κ3) is 4.54.